The van der Waals surface area contributed by atoms with Crippen molar-refractivity contribution < 1.29 is 4.79 Å². The molecule has 0 spiro atoms. The third-order valence-electron chi connectivity index (χ3n) is 4.43. The summed E-state index contributed by atoms with van der Waals surface area (Å²) in [6.45, 7) is 7.93. The summed E-state index contributed by atoms with van der Waals surface area (Å²) < 4.78 is 0. The lowest BCUT2D eigenvalue weighted by atomic mass is 9.98. The summed E-state index contributed by atoms with van der Waals surface area (Å²) in [6, 6.07) is 10.8. The van der Waals surface area contributed by atoms with Crippen molar-refractivity contribution in [1.29, 1.82) is 0 Å². The second kappa shape index (κ2) is 7.23. The molecule has 4 nitrogen and oxygen atoms in total. The number of amides is 1. The van der Waals surface area contributed by atoms with Crippen molar-refractivity contribution in [2.24, 2.45) is 5.92 Å². The monoisotopic (exact) mass is 329 g/mol. The minimum absolute atomic E-state index is 0.0734. The van der Waals surface area contributed by atoms with Gasteiger partial charge in [-0.1, -0.05) is 44.2 Å². The van der Waals surface area contributed by atoms with Crippen LogP contribution in [0.4, 0.5) is 0 Å². The van der Waals surface area contributed by atoms with Crippen LogP contribution in [0.1, 0.15) is 29.9 Å². The average molecular weight is 329 g/mol. The zero-order valence-corrected chi connectivity index (χ0v) is 14.5. The van der Waals surface area contributed by atoms with E-state index in [1.165, 1.54) is 16.9 Å². The van der Waals surface area contributed by atoms with Gasteiger partial charge in [0.2, 0.25) is 0 Å². The Kier molecular flexibility index (Phi) is 5.08. The number of carbonyl (C=O) groups excluding carboxylic acids is 1. The molecule has 0 radical (unpaired) electrons. The van der Waals surface area contributed by atoms with Gasteiger partial charge in [0.25, 0.3) is 5.91 Å². The third kappa shape index (κ3) is 3.79. The van der Waals surface area contributed by atoms with Crippen molar-refractivity contribution in [3.8, 4) is 0 Å². The summed E-state index contributed by atoms with van der Waals surface area (Å²) in [5.41, 5.74) is 3.63. The van der Waals surface area contributed by atoms with E-state index < -0.39 is 0 Å². The topological polar surface area (TPSA) is 36.4 Å². The first kappa shape index (κ1) is 16.1. The van der Waals surface area contributed by atoms with E-state index in [1.54, 1.807) is 5.51 Å². The highest BCUT2D eigenvalue weighted by atomic mass is 32.1. The first-order valence-electron chi connectivity index (χ1n) is 8.10. The summed E-state index contributed by atoms with van der Waals surface area (Å²) in [5, 5.41) is 1.84. The lowest BCUT2D eigenvalue weighted by Gasteiger charge is -2.43. The smallest absolute Gasteiger partial charge is 0.273 e. The average Bonchev–Trinajstić information content (AvgIpc) is 3.09. The molecule has 1 aromatic heterocycles. The van der Waals surface area contributed by atoms with Crippen molar-refractivity contribution >= 4 is 17.2 Å². The molecule has 0 aliphatic carbocycles. The highest BCUT2D eigenvalue weighted by Gasteiger charge is 2.33. The van der Waals surface area contributed by atoms with E-state index in [2.05, 4.69) is 48.0 Å². The van der Waals surface area contributed by atoms with Crippen LogP contribution in [0, 0.1) is 5.92 Å². The normalized spacial score (nSPS) is 19.3. The molecule has 0 bridgehead atoms. The Hall–Kier alpha value is -1.72. The number of thiazole rings is 1. The van der Waals surface area contributed by atoms with Gasteiger partial charge in [-0.25, -0.2) is 4.98 Å². The molecule has 1 amide bonds. The number of aromatic nitrogens is 1. The molecular weight excluding hydrogens is 306 g/mol. The number of carbonyl (C=O) groups is 1. The first-order chi connectivity index (χ1) is 11.1. The molecule has 0 N–H and O–H groups in total. The van der Waals surface area contributed by atoms with E-state index in [0.29, 0.717) is 11.6 Å². The lowest BCUT2D eigenvalue weighted by molar-refractivity contribution is 0.0324. The fourth-order valence-corrected chi connectivity index (χ4v) is 3.67. The Morgan fingerprint density at radius 2 is 2.09 bits per heavy atom. The van der Waals surface area contributed by atoms with Crippen molar-refractivity contribution in [3.05, 3.63) is 52.5 Å². The van der Waals surface area contributed by atoms with E-state index in [9.17, 15) is 4.79 Å². The summed E-state index contributed by atoms with van der Waals surface area (Å²) in [6.07, 6.45) is 0. The Bertz CT molecular complexity index is 627. The van der Waals surface area contributed by atoms with Gasteiger partial charge in [-0.05, 0) is 11.5 Å². The van der Waals surface area contributed by atoms with Crippen molar-refractivity contribution in [2.45, 2.75) is 26.4 Å². The molecular formula is C18H23N3OS. The number of benzene rings is 1. The maximum Gasteiger partial charge on any atom is 0.273 e. The molecule has 0 saturated carbocycles. The van der Waals surface area contributed by atoms with Gasteiger partial charge in [-0.15, -0.1) is 11.3 Å². The molecule has 3 rings (SSSR count). The molecule has 0 unspecified atom stereocenters. The molecule has 1 aliphatic rings. The van der Waals surface area contributed by atoms with Gasteiger partial charge in [0.15, 0.2) is 0 Å². The Morgan fingerprint density at radius 3 is 2.74 bits per heavy atom. The van der Waals surface area contributed by atoms with Gasteiger partial charge in [0, 0.05) is 37.6 Å². The maximum absolute atomic E-state index is 12.7. The summed E-state index contributed by atoms with van der Waals surface area (Å²) in [5.74, 6) is 0.500. The summed E-state index contributed by atoms with van der Waals surface area (Å²) >= 11 is 1.47. The highest BCUT2D eigenvalue weighted by Crippen LogP contribution is 2.21. The van der Waals surface area contributed by atoms with Gasteiger partial charge >= 0.3 is 0 Å². The second-order valence-corrected chi connectivity index (χ2v) is 7.12. The fraction of sp³-hybridized carbons (Fsp3) is 0.444. The molecule has 1 saturated heterocycles. The van der Waals surface area contributed by atoms with Gasteiger partial charge < -0.3 is 4.90 Å². The largest absolute Gasteiger partial charge is 0.331 e. The molecule has 1 fully saturated rings. The Balaban J connectivity index is 1.70. The van der Waals surface area contributed by atoms with Gasteiger partial charge in [0.1, 0.15) is 5.69 Å². The van der Waals surface area contributed by atoms with Crippen molar-refractivity contribution in [2.75, 3.05) is 19.6 Å². The standard InChI is InChI=1S/C18H23N3OS/c1-14(2)17-11-20(10-15-6-4-3-5-7-15)8-9-21(17)18(22)16-12-23-13-19-16/h3-7,12-14,17H,8-11H2,1-2H3/t17-/m1/s1. The van der Waals surface area contributed by atoms with Crippen molar-refractivity contribution in [3.63, 3.8) is 0 Å². The highest BCUT2D eigenvalue weighted by molar-refractivity contribution is 7.07. The number of rotatable bonds is 4. The minimum Gasteiger partial charge on any atom is -0.331 e. The minimum atomic E-state index is 0.0734. The first-order valence-corrected chi connectivity index (χ1v) is 9.05. The molecule has 5 heteroatoms. The van der Waals surface area contributed by atoms with Crippen molar-refractivity contribution in [1.82, 2.24) is 14.8 Å². The lowest BCUT2D eigenvalue weighted by Crippen LogP contribution is -2.56. The van der Waals surface area contributed by atoms with E-state index >= 15 is 0 Å². The van der Waals surface area contributed by atoms with Crippen LogP contribution in [-0.2, 0) is 6.54 Å². The summed E-state index contributed by atoms with van der Waals surface area (Å²) in [4.78, 5) is 21.3. The Morgan fingerprint density at radius 1 is 1.30 bits per heavy atom. The molecule has 2 heterocycles. The van der Waals surface area contributed by atoms with Crippen LogP contribution in [0.25, 0.3) is 0 Å². The number of piperazine rings is 1. The fourth-order valence-electron chi connectivity index (χ4n) is 3.14. The van der Waals surface area contributed by atoms with Crippen LogP contribution in [0.15, 0.2) is 41.2 Å². The predicted molar refractivity (Wildman–Crippen MR) is 93.5 cm³/mol. The van der Waals surface area contributed by atoms with Crippen LogP contribution in [-0.4, -0.2) is 46.4 Å². The molecule has 2 aromatic rings. The zero-order valence-electron chi connectivity index (χ0n) is 13.7. The number of hydrogen-bond donors (Lipinski definition) is 0. The van der Waals surface area contributed by atoms with Gasteiger partial charge in [-0.2, -0.15) is 0 Å². The molecule has 1 aliphatic heterocycles. The van der Waals surface area contributed by atoms with E-state index in [4.69, 9.17) is 0 Å². The molecule has 23 heavy (non-hydrogen) atoms. The van der Waals surface area contributed by atoms with Crippen LogP contribution in [0.2, 0.25) is 0 Å². The van der Waals surface area contributed by atoms with Gasteiger partial charge in [0.05, 0.1) is 5.51 Å². The molecule has 1 aromatic carbocycles. The van der Waals surface area contributed by atoms with Crippen LogP contribution in [0.3, 0.4) is 0 Å². The number of hydrogen-bond acceptors (Lipinski definition) is 4. The quantitative estimate of drug-likeness (QED) is 0.865. The predicted octanol–water partition coefficient (Wildman–Crippen LogP) is 3.13. The Labute approximate surface area is 141 Å². The van der Waals surface area contributed by atoms with Crippen LogP contribution < -0.4 is 0 Å². The SMILES string of the molecule is CC(C)[C@H]1CN(Cc2ccccc2)CCN1C(=O)c1cscn1. The third-order valence-corrected chi connectivity index (χ3v) is 5.02. The number of nitrogens with zero attached hydrogens (tertiary/aromatic N) is 3. The van der Waals surface area contributed by atoms with Gasteiger partial charge in [-0.3, -0.25) is 9.69 Å². The van der Waals surface area contributed by atoms with Crippen LogP contribution >= 0.6 is 11.3 Å². The molecule has 122 valence electrons. The van der Waals surface area contributed by atoms with E-state index in [-0.39, 0.29) is 11.9 Å². The molecule has 1 atom stereocenters. The summed E-state index contributed by atoms with van der Waals surface area (Å²) in [7, 11) is 0. The maximum atomic E-state index is 12.7. The van der Waals surface area contributed by atoms with E-state index in [1.807, 2.05) is 16.3 Å². The second-order valence-electron chi connectivity index (χ2n) is 6.40. The van der Waals surface area contributed by atoms with E-state index in [0.717, 1.165) is 26.2 Å². The zero-order chi connectivity index (χ0) is 16.2. The van der Waals surface area contributed by atoms with Crippen LogP contribution in [0.5, 0.6) is 0 Å².